The summed E-state index contributed by atoms with van der Waals surface area (Å²) >= 11 is 13.0. The van der Waals surface area contributed by atoms with Crippen LogP contribution in [0.25, 0.3) is 0 Å². The Balaban J connectivity index is 1.77. The molecule has 236 valence electrons. The van der Waals surface area contributed by atoms with Crippen LogP contribution in [-0.4, -0.2) is 50.9 Å². The number of aryl methyl sites for hydroxylation is 1. The van der Waals surface area contributed by atoms with Crippen LogP contribution in [0.4, 0.5) is 5.69 Å². The summed E-state index contributed by atoms with van der Waals surface area (Å²) in [4.78, 5) is 29.5. The van der Waals surface area contributed by atoms with Crippen LogP contribution in [0.2, 0.25) is 10.0 Å². The van der Waals surface area contributed by atoms with E-state index in [1.807, 2.05) is 13.8 Å². The molecule has 44 heavy (non-hydrogen) atoms. The maximum Gasteiger partial charge on any atom is 0.264 e. The highest BCUT2D eigenvalue weighted by Gasteiger charge is 2.35. The summed E-state index contributed by atoms with van der Waals surface area (Å²) in [6.07, 6.45) is 5.25. The number of halogens is 2. The zero-order valence-electron chi connectivity index (χ0n) is 25.3. The molecule has 0 radical (unpaired) electrons. The molecule has 1 saturated carbocycles. The first-order chi connectivity index (χ1) is 21.1. The van der Waals surface area contributed by atoms with Crippen molar-refractivity contribution < 1.29 is 22.7 Å². The Morgan fingerprint density at radius 1 is 0.955 bits per heavy atom. The van der Waals surface area contributed by atoms with Crippen molar-refractivity contribution in [2.75, 3.05) is 18.0 Å². The summed E-state index contributed by atoms with van der Waals surface area (Å²) in [6, 6.07) is 17.2. The molecular weight excluding hydrogens is 621 g/mol. The molecule has 0 aliphatic heterocycles. The minimum absolute atomic E-state index is 0.0181. The first-order valence-electron chi connectivity index (χ1n) is 14.8. The van der Waals surface area contributed by atoms with Crippen LogP contribution in [0.5, 0.6) is 5.75 Å². The minimum atomic E-state index is -4.24. The molecule has 1 fully saturated rings. The van der Waals surface area contributed by atoms with E-state index in [4.69, 9.17) is 27.9 Å². The Morgan fingerprint density at radius 3 is 2.20 bits per heavy atom. The highest BCUT2D eigenvalue weighted by Crippen LogP contribution is 2.33. The van der Waals surface area contributed by atoms with Crippen molar-refractivity contribution in [1.29, 1.82) is 0 Å². The van der Waals surface area contributed by atoms with E-state index in [1.54, 1.807) is 54.6 Å². The fraction of sp³-hybridized carbons (Fsp3) is 0.394. The second-order valence-electron chi connectivity index (χ2n) is 11.0. The topological polar surface area (TPSA) is 96.0 Å². The molecule has 2 amide bonds. The first kappa shape index (κ1) is 33.6. The van der Waals surface area contributed by atoms with Gasteiger partial charge in [0.1, 0.15) is 18.3 Å². The third-order valence-electron chi connectivity index (χ3n) is 7.97. The Bertz CT molecular complexity index is 1540. The van der Waals surface area contributed by atoms with E-state index in [0.717, 1.165) is 42.0 Å². The normalized spacial score (nSPS) is 14.5. The third-order valence-corrected chi connectivity index (χ3v) is 10.5. The molecule has 8 nitrogen and oxygen atoms in total. The van der Waals surface area contributed by atoms with Gasteiger partial charge in [0.05, 0.1) is 17.7 Å². The number of nitrogens with one attached hydrogen (secondary N) is 1. The number of carbonyl (C=O) groups excluding carboxylic acids is 2. The van der Waals surface area contributed by atoms with E-state index in [0.29, 0.717) is 22.0 Å². The molecule has 11 heteroatoms. The number of anilines is 1. The van der Waals surface area contributed by atoms with Crippen molar-refractivity contribution in [2.24, 2.45) is 0 Å². The number of para-hydroxylation sites is 2. The SMILES string of the molecule is CC[C@H](C(=O)NC1CCCCC1)N(Cc1c(Cl)cccc1Cl)C(=O)CN(c1ccccc1OC)S(=O)(=O)c1ccc(C)cc1. The van der Waals surface area contributed by atoms with Gasteiger partial charge in [-0.05, 0) is 62.6 Å². The number of amides is 2. The molecule has 0 saturated heterocycles. The number of hydrogen-bond acceptors (Lipinski definition) is 5. The van der Waals surface area contributed by atoms with E-state index >= 15 is 0 Å². The van der Waals surface area contributed by atoms with Gasteiger partial charge in [-0.1, -0.05) is 85.3 Å². The van der Waals surface area contributed by atoms with Crippen molar-refractivity contribution in [3.05, 3.63) is 87.9 Å². The quantitative estimate of drug-likeness (QED) is 0.232. The largest absolute Gasteiger partial charge is 0.495 e. The molecule has 0 aromatic heterocycles. The fourth-order valence-corrected chi connectivity index (χ4v) is 7.45. The molecule has 1 aliphatic rings. The number of methoxy groups -OCH3 is 1. The number of carbonyl (C=O) groups is 2. The molecule has 3 aromatic rings. The van der Waals surface area contributed by atoms with Gasteiger partial charge in [-0.2, -0.15) is 0 Å². The summed E-state index contributed by atoms with van der Waals surface area (Å²) in [5.41, 5.74) is 1.55. The molecule has 3 aromatic carbocycles. The Labute approximate surface area is 270 Å². The number of sulfonamides is 1. The van der Waals surface area contributed by atoms with Crippen LogP contribution in [0, 0.1) is 6.92 Å². The molecule has 0 bridgehead atoms. The molecule has 1 N–H and O–H groups in total. The van der Waals surface area contributed by atoms with Crippen LogP contribution in [0.15, 0.2) is 71.6 Å². The lowest BCUT2D eigenvalue weighted by atomic mass is 9.95. The highest BCUT2D eigenvalue weighted by molar-refractivity contribution is 7.92. The molecule has 1 aliphatic carbocycles. The van der Waals surface area contributed by atoms with E-state index in [-0.39, 0.29) is 34.8 Å². The lowest BCUT2D eigenvalue weighted by Gasteiger charge is -2.35. The molecular formula is C33H39Cl2N3O5S. The standard InChI is InChI=1S/C33H39Cl2N3O5S/c1-4-29(33(40)36-24-11-6-5-7-12-24)37(21-26-27(34)13-10-14-28(26)35)32(39)22-38(30-15-8-9-16-31(30)43-3)44(41,42)25-19-17-23(2)18-20-25/h8-10,13-20,24,29H,4-7,11-12,21-22H2,1-3H3,(H,36,40)/t29-/m1/s1. The predicted octanol–water partition coefficient (Wildman–Crippen LogP) is 6.76. The summed E-state index contributed by atoms with van der Waals surface area (Å²) in [6.45, 7) is 3.00. The van der Waals surface area contributed by atoms with Gasteiger partial charge in [0.25, 0.3) is 10.0 Å². The molecule has 0 unspecified atom stereocenters. The monoisotopic (exact) mass is 659 g/mol. The van der Waals surface area contributed by atoms with Gasteiger partial charge < -0.3 is 15.0 Å². The molecule has 0 spiro atoms. The van der Waals surface area contributed by atoms with Gasteiger partial charge in [0.2, 0.25) is 11.8 Å². The smallest absolute Gasteiger partial charge is 0.264 e. The number of hydrogen-bond donors (Lipinski definition) is 1. The first-order valence-corrected chi connectivity index (χ1v) is 17.0. The zero-order valence-corrected chi connectivity index (χ0v) is 27.6. The maximum atomic E-state index is 14.4. The summed E-state index contributed by atoms with van der Waals surface area (Å²) < 4.78 is 34.8. The van der Waals surface area contributed by atoms with Gasteiger partial charge in [-0.25, -0.2) is 8.42 Å². The average molecular weight is 661 g/mol. The minimum Gasteiger partial charge on any atom is -0.495 e. The van der Waals surface area contributed by atoms with Crippen LogP contribution in [0.3, 0.4) is 0 Å². The predicted molar refractivity (Wildman–Crippen MR) is 175 cm³/mol. The zero-order chi connectivity index (χ0) is 31.9. The fourth-order valence-electron chi connectivity index (χ4n) is 5.50. The summed E-state index contributed by atoms with van der Waals surface area (Å²) in [5.74, 6) is -0.604. The highest BCUT2D eigenvalue weighted by atomic mass is 35.5. The Hall–Kier alpha value is -3.27. The van der Waals surface area contributed by atoms with Crippen molar-refractivity contribution in [2.45, 2.75) is 75.9 Å². The second-order valence-corrected chi connectivity index (χ2v) is 13.7. The number of rotatable bonds is 12. The van der Waals surface area contributed by atoms with Crippen molar-refractivity contribution in [3.63, 3.8) is 0 Å². The van der Waals surface area contributed by atoms with Crippen LogP contribution < -0.4 is 14.4 Å². The average Bonchev–Trinajstić information content (AvgIpc) is 3.01. The lowest BCUT2D eigenvalue weighted by Crippen LogP contribution is -2.54. The summed E-state index contributed by atoms with van der Waals surface area (Å²) in [5, 5.41) is 3.81. The third kappa shape index (κ3) is 7.86. The van der Waals surface area contributed by atoms with Gasteiger partial charge in [0, 0.05) is 28.2 Å². The van der Waals surface area contributed by atoms with Crippen molar-refractivity contribution >= 4 is 50.7 Å². The van der Waals surface area contributed by atoms with Gasteiger partial charge in [0.15, 0.2) is 0 Å². The van der Waals surface area contributed by atoms with Crippen LogP contribution in [0.1, 0.15) is 56.6 Å². The van der Waals surface area contributed by atoms with Crippen molar-refractivity contribution in [1.82, 2.24) is 10.2 Å². The Morgan fingerprint density at radius 2 is 1.59 bits per heavy atom. The van der Waals surface area contributed by atoms with E-state index < -0.39 is 28.5 Å². The van der Waals surface area contributed by atoms with Gasteiger partial charge in [-0.15, -0.1) is 0 Å². The molecule has 4 rings (SSSR count). The maximum absolute atomic E-state index is 14.4. The summed E-state index contributed by atoms with van der Waals surface area (Å²) in [7, 11) is -2.81. The second kappa shape index (κ2) is 15.1. The molecule has 0 heterocycles. The lowest BCUT2D eigenvalue weighted by molar-refractivity contribution is -0.140. The van der Waals surface area contributed by atoms with Crippen molar-refractivity contribution in [3.8, 4) is 5.75 Å². The van der Waals surface area contributed by atoms with E-state index in [2.05, 4.69) is 5.32 Å². The van der Waals surface area contributed by atoms with E-state index in [1.165, 1.54) is 24.1 Å². The van der Waals surface area contributed by atoms with E-state index in [9.17, 15) is 18.0 Å². The van der Waals surface area contributed by atoms with Crippen LogP contribution in [-0.2, 0) is 26.2 Å². The van der Waals surface area contributed by atoms with Gasteiger partial charge in [-0.3, -0.25) is 13.9 Å². The van der Waals surface area contributed by atoms with Crippen LogP contribution >= 0.6 is 23.2 Å². The number of nitrogens with zero attached hydrogens (tertiary/aromatic N) is 2. The number of benzene rings is 3. The van der Waals surface area contributed by atoms with Gasteiger partial charge >= 0.3 is 0 Å². The molecule has 1 atom stereocenters. The number of ether oxygens (including phenoxy) is 1. The Kier molecular flexibility index (Phi) is 11.6.